The van der Waals surface area contributed by atoms with Gasteiger partial charge in [-0.2, -0.15) is 0 Å². The van der Waals surface area contributed by atoms with Gasteiger partial charge in [0.05, 0.1) is 18.6 Å². The van der Waals surface area contributed by atoms with Gasteiger partial charge in [-0.1, -0.05) is 12.1 Å². The van der Waals surface area contributed by atoms with Crippen molar-refractivity contribution in [1.29, 1.82) is 0 Å². The Morgan fingerprint density at radius 1 is 1.20 bits per heavy atom. The van der Waals surface area contributed by atoms with Crippen LogP contribution >= 0.6 is 0 Å². The summed E-state index contributed by atoms with van der Waals surface area (Å²) in [4.78, 5) is 22.2. The molecular formula is C17H19N3O5. The molecule has 0 aliphatic heterocycles. The van der Waals surface area contributed by atoms with Crippen molar-refractivity contribution in [2.75, 3.05) is 25.6 Å². The molecule has 0 unspecified atom stereocenters. The summed E-state index contributed by atoms with van der Waals surface area (Å²) < 4.78 is 10.6. The summed E-state index contributed by atoms with van der Waals surface area (Å²) in [7, 11) is 1.57. The van der Waals surface area contributed by atoms with E-state index >= 15 is 0 Å². The van der Waals surface area contributed by atoms with Crippen LogP contribution in [0.25, 0.3) is 0 Å². The molecule has 2 rings (SSSR count). The number of nitrogens with one attached hydrogen (secondary N) is 2. The lowest BCUT2D eigenvalue weighted by Gasteiger charge is -2.10. The molecule has 0 bridgehead atoms. The van der Waals surface area contributed by atoms with Gasteiger partial charge in [0.15, 0.2) is 0 Å². The van der Waals surface area contributed by atoms with Crippen molar-refractivity contribution in [1.82, 2.24) is 5.32 Å². The fraction of sp³-hybridized carbons (Fsp3) is 0.235. The number of aryl methyl sites for hydroxylation is 1. The summed E-state index contributed by atoms with van der Waals surface area (Å²) in [5.41, 5.74) is 0.838. The summed E-state index contributed by atoms with van der Waals surface area (Å²) in [5.74, 6) is 1.32. The maximum absolute atomic E-state index is 11.8. The van der Waals surface area contributed by atoms with Crippen LogP contribution in [0.4, 0.5) is 16.2 Å². The van der Waals surface area contributed by atoms with Crippen LogP contribution in [0, 0.1) is 17.0 Å². The molecule has 0 heterocycles. The van der Waals surface area contributed by atoms with Gasteiger partial charge in [-0.3, -0.25) is 10.1 Å². The van der Waals surface area contributed by atoms with Crippen molar-refractivity contribution >= 4 is 17.4 Å². The molecule has 0 aromatic heterocycles. The van der Waals surface area contributed by atoms with Crippen molar-refractivity contribution in [2.24, 2.45) is 0 Å². The Bertz CT molecular complexity index is 764. The third-order valence-electron chi connectivity index (χ3n) is 3.36. The van der Waals surface area contributed by atoms with Gasteiger partial charge in [0.1, 0.15) is 18.1 Å². The monoisotopic (exact) mass is 345 g/mol. The molecule has 0 fully saturated rings. The van der Waals surface area contributed by atoms with Crippen LogP contribution in [0.1, 0.15) is 5.56 Å². The maximum Gasteiger partial charge on any atom is 0.319 e. The van der Waals surface area contributed by atoms with E-state index in [4.69, 9.17) is 9.47 Å². The summed E-state index contributed by atoms with van der Waals surface area (Å²) in [6.07, 6.45) is 0. The van der Waals surface area contributed by atoms with Crippen molar-refractivity contribution in [3.8, 4) is 11.5 Å². The Kier molecular flexibility index (Phi) is 6.16. The molecule has 0 saturated carbocycles. The minimum Gasteiger partial charge on any atom is -0.497 e. The third-order valence-corrected chi connectivity index (χ3v) is 3.36. The second kappa shape index (κ2) is 8.53. The average Bonchev–Trinajstić information content (AvgIpc) is 2.60. The molecule has 132 valence electrons. The molecule has 2 amide bonds. The number of nitro groups is 1. The van der Waals surface area contributed by atoms with Crippen LogP contribution in [0.15, 0.2) is 42.5 Å². The number of urea groups is 1. The molecule has 2 aromatic rings. The number of anilines is 1. The number of methoxy groups -OCH3 is 1. The molecule has 2 N–H and O–H groups in total. The van der Waals surface area contributed by atoms with E-state index in [0.29, 0.717) is 22.7 Å². The Morgan fingerprint density at radius 3 is 2.68 bits per heavy atom. The molecule has 0 saturated heterocycles. The zero-order valence-corrected chi connectivity index (χ0v) is 13.9. The first kappa shape index (κ1) is 18.1. The lowest BCUT2D eigenvalue weighted by atomic mass is 10.2. The molecule has 0 radical (unpaired) electrons. The van der Waals surface area contributed by atoms with E-state index in [1.807, 2.05) is 0 Å². The predicted octanol–water partition coefficient (Wildman–Crippen LogP) is 3.11. The van der Waals surface area contributed by atoms with Crippen molar-refractivity contribution in [2.45, 2.75) is 6.92 Å². The SMILES string of the molecule is COc1cccc(OCCNC(=O)Nc2ccc(C)c([N+](=O)[O-])c2)c1. The standard InChI is InChI=1S/C17H19N3O5/c1-12-6-7-13(10-16(12)20(22)23)19-17(21)18-8-9-25-15-5-3-4-14(11-15)24-2/h3-7,10-11H,8-9H2,1-2H3,(H2,18,19,21). The minimum absolute atomic E-state index is 0.0424. The summed E-state index contributed by atoms with van der Waals surface area (Å²) in [6.45, 7) is 2.18. The molecular weight excluding hydrogens is 326 g/mol. The van der Waals surface area contributed by atoms with Gasteiger partial charge < -0.3 is 20.1 Å². The Balaban J connectivity index is 1.79. The smallest absolute Gasteiger partial charge is 0.319 e. The third kappa shape index (κ3) is 5.38. The van der Waals surface area contributed by atoms with Crippen molar-refractivity contribution < 1.29 is 19.2 Å². The minimum atomic E-state index is -0.486. The zero-order chi connectivity index (χ0) is 18.2. The van der Waals surface area contributed by atoms with E-state index in [9.17, 15) is 14.9 Å². The van der Waals surface area contributed by atoms with Gasteiger partial charge in [-0.05, 0) is 25.1 Å². The predicted molar refractivity (Wildman–Crippen MR) is 93.3 cm³/mol. The maximum atomic E-state index is 11.8. The number of nitrogens with zero attached hydrogens (tertiary/aromatic N) is 1. The molecule has 0 aliphatic carbocycles. The van der Waals surface area contributed by atoms with Crippen LogP contribution in [0.5, 0.6) is 11.5 Å². The van der Waals surface area contributed by atoms with Gasteiger partial charge >= 0.3 is 6.03 Å². The lowest BCUT2D eigenvalue weighted by Crippen LogP contribution is -2.32. The van der Waals surface area contributed by atoms with E-state index in [1.165, 1.54) is 6.07 Å². The van der Waals surface area contributed by atoms with Gasteiger partial charge in [0.2, 0.25) is 0 Å². The quantitative estimate of drug-likeness (QED) is 0.456. The van der Waals surface area contributed by atoms with E-state index < -0.39 is 11.0 Å². The second-order valence-corrected chi connectivity index (χ2v) is 5.17. The summed E-state index contributed by atoms with van der Waals surface area (Å²) >= 11 is 0. The highest BCUT2D eigenvalue weighted by Gasteiger charge is 2.12. The molecule has 0 aliphatic rings. The fourth-order valence-corrected chi connectivity index (χ4v) is 2.08. The number of benzene rings is 2. The van der Waals surface area contributed by atoms with Crippen LogP contribution in [-0.4, -0.2) is 31.2 Å². The van der Waals surface area contributed by atoms with Crippen LogP contribution < -0.4 is 20.1 Å². The van der Waals surface area contributed by atoms with E-state index in [1.54, 1.807) is 50.4 Å². The lowest BCUT2D eigenvalue weighted by molar-refractivity contribution is -0.385. The number of nitro benzene ring substituents is 1. The Morgan fingerprint density at radius 2 is 1.96 bits per heavy atom. The Labute approximate surface area is 144 Å². The van der Waals surface area contributed by atoms with Crippen LogP contribution in [0.2, 0.25) is 0 Å². The van der Waals surface area contributed by atoms with Crippen molar-refractivity contribution in [3.05, 3.63) is 58.1 Å². The van der Waals surface area contributed by atoms with Crippen LogP contribution in [-0.2, 0) is 0 Å². The molecule has 8 nitrogen and oxygen atoms in total. The van der Waals surface area contributed by atoms with E-state index in [2.05, 4.69) is 10.6 Å². The van der Waals surface area contributed by atoms with E-state index in [0.717, 1.165) is 0 Å². The number of hydrogen-bond donors (Lipinski definition) is 2. The molecule has 25 heavy (non-hydrogen) atoms. The number of amides is 2. The van der Waals surface area contributed by atoms with Gasteiger partial charge in [-0.15, -0.1) is 0 Å². The number of carbonyl (C=O) groups excluding carboxylic acids is 1. The van der Waals surface area contributed by atoms with E-state index in [-0.39, 0.29) is 18.8 Å². The van der Waals surface area contributed by atoms with Gasteiger partial charge in [-0.25, -0.2) is 4.79 Å². The van der Waals surface area contributed by atoms with Crippen molar-refractivity contribution in [3.63, 3.8) is 0 Å². The fourth-order valence-electron chi connectivity index (χ4n) is 2.08. The topological polar surface area (TPSA) is 103 Å². The molecule has 0 atom stereocenters. The number of hydrogen-bond acceptors (Lipinski definition) is 5. The first-order valence-corrected chi connectivity index (χ1v) is 7.56. The zero-order valence-electron chi connectivity index (χ0n) is 13.9. The average molecular weight is 345 g/mol. The number of rotatable bonds is 7. The number of carbonyl (C=O) groups is 1. The number of ether oxygens (including phenoxy) is 2. The van der Waals surface area contributed by atoms with Gasteiger partial charge in [0.25, 0.3) is 5.69 Å². The normalized spacial score (nSPS) is 10.0. The molecule has 2 aromatic carbocycles. The summed E-state index contributed by atoms with van der Waals surface area (Å²) in [5, 5.41) is 16.1. The second-order valence-electron chi connectivity index (χ2n) is 5.17. The molecule has 8 heteroatoms. The largest absolute Gasteiger partial charge is 0.497 e. The highest BCUT2D eigenvalue weighted by atomic mass is 16.6. The first-order valence-electron chi connectivity index (χ1n) is 7.56. The highest BCUT2D eigenvalue weighted by molar-refractivity contribution is 5.89. The van der Waals surface area contributed by atoms with Gasteiger partial charge in [0, 0.05) is 23.4 Å². The highest BCUT2D eigenvalue weighted by Crippen LogP contribution is 2.22. The molecule has 0 spiro atoms. The summed E-state index contributed by atoms with van der Waals surface area (Å²) in [6, 6.07) is 11.2. The first-order chi connectivity index (χ1) is 12.0. The Hall–Kier alpha value is -3.29. The van der Waals surface area contributed by atoms with Crippen LogP contribution in [0.3, 0.4) is 0 Å².